The summed E-state index contributed by atoms with van der Waals surface area (Å²) < 4.78 is 7.44. The summed E-state index contributed by atoms with van der Waals surface area (Å²) in [5.74, 6) is 0.149. The number of allylic oxidation sites excluding steroid dienone is 1. The quantitative estimate of drug-likeness (QED) is 0.560. The summed E-state index contributed by atoms with van der Waals surface area (Å²) in [5, 5.41) is 22.6. The van der Waals surface area contributed by atoms with Gasteiger partial charge >= 0.3 is 5.97 Å². The number of aromatic nitrogens is 1. The number of carboxylic acids is 1. The summed E-state index contributed by atoms with van der Waals surface area (Å²) in [7, 11) is 0. The van der Waals surface area contributed by atoms with Gasteiger partial charge in [-0.15, -0.1) is 0 Å². The predicted molar refractivity (Wildman–Crippen MR) is 148 cm³/mol. The number of rotatable bonds is 3. The molecule has 6 heteroatoms. The third-order valence-corrected chi connectivity index (χ3v) is 11.8. The van der Waals surface area contributed by atoms with Gasteiger partial charge in [0.1, 0.15) is 6.04 Å². The molecular weight excluding hydrogens is 488 g/mol. The molecule has 3 aliphatic carbocycles. The predicted octanol–water partition coefficient (Wildman–Crippen LogP) is 5.37. The van der Waals surface area contributed by atoms with Crippen molar-refractivity contribution in [1.82, 2.24) is 9.88 Å². The van der Waals surface area contributed by atoms with E-state index in [1.807, 2.05) is 12.4 Å². The van der Waals surface area contributed by atoms with Gasteiger partial charge < -0.3 is 14.9 Å². The lowest BCUT2D eigenvalue weighted by Crippen LogP contribution is -2.56. The van der Waals surface area contributed by atoms with E-state index in [4.69, 9.17) is 4.74 Å². The number of carbonyl (C=O) groups is 1. The third kappa shape index (κ3) is 3.31. The van der Waals surface area contributed by atoms with Crippen molar-refractivity contribution in [3.63, 3.8) is 0 Å². The first kappa shape index (κ1) is 24.3. The molecule has 0 radical (unpaired) electrons. The van der Waals surface area contributed by atoms with Crippen LogP contribution in [0.4, 0.5) is 0 Å². The topological polar surface area (TPSA) is 82.9 Å². The number of fused-ring (bicyclic) bond motifs is 2. The van der Waals surface area contributed by atoms with E-state index in [9.17, 15) is 15.0 Å². The van der Waals surface area contributed by atoms with Crippen LogP contribution in [0, 0.1) is 11.3 Å². The number of pyridine rings is 1. The zero-order valence-corrected chi connectivity index (χ0v) is 22.7. The van der Waals surface area contributed by atoms with E-state index in [2.05, 4.69) is 53.2 Å². The summed E-state index contributed by atoms with van der Waals surface area (Å²) >= 11 is 0. The lowest BCUT2D eigenvalue weighted by molar-refractivity contribution is -0.150. The van der Waals surface area contributed by atoms with Gasteiger partial charge in [0.25, 0.3) is 0 Å². The number of aliphatic hydroxyl groups is 1. The first-order valence-electron chi connectivity index (χ1n) is 14.9. The molecule has 2 spiro atoms. The van der Waals surface area contributed by atoms with Crippen LogP contribution in [-0.2, 0) is 9.53 Å². The van der Waals surface area contributed by atoms with Crippen molar-refractivity contribution in [1.29, 1.82) is 0 Å². The minimum absolute atomic E-state index is 0.137. The van der Waals surface area contributed by atoms with Crippen LogP contribution in [0.1, 0.15) is 76.2 Å². The number of hydrogen-bond donors (Lipinski definition) is 2. The van der Waals surface area contributed by atoms with Crippen LogP contribution in [0.15, 0.2) is 60.0 Å². The van der Waals surface area contributed by atoms with Gasteiger partial charge in [-0.2, -0.15) is 0 Å². The largest absolute Gasteiger partial charge is 0.480 e. The van der Waals surface area contributed by atoms with Crippen LogP contribution < -0.4 is 0 Å². The molecule has 6 aliphatic rings. The molecule has 2 N–H and O–H groups in total. The van der Waals surface area contributed by atoms with Crippen LogP contribution in [0.25, 0.3) is 10.8 Å². The molecule has 2 unspecified atom stereocenters. The SMILES string of the molecule is C[C@]12CC=C3C=C4CC[C@H](N5CC(O)C[C@H]5C(=O)O)C[C@]45CCC3(O5)[C@@H]1CC[C@@H]2c1ccc2ccncc2c1. The number of carboxylic acid groups (broad SMARTS) is 1. The van der Waals surface area contributed by atoms with Crippen molar-refractivity contribution < 1.29 is 19.7 Å². The molecule has 1 aromatic carbocycles. The van der Waals surface area contributed by atoms with Gasteiger partial charge in [-0.05, 0) is 103 Å². The van der Waals surface area contributed by atoms with Gasteiger partial charge in [-0.3, -0.25) is 14.7 Å². The number of nitrogens with zero attached hydrogens (tertiary/aromatic N) is 2. The lowest BCUT2D eigenvalue weighted by atomic mass is 9.58. The average Bonchev–Trinajstić information content (AvgIpc) is 3.59. The number of hydrogen-bond acceptors (Lipinski definition) is 5. The highest BCUT2D eigenvalue weighted by atomic mass is 16.5. The standard InChI is InChI=1S/C33H38N2O4/c1-31-10-8-24-15-23-4-5-25(35-19-26(36)16-28(35)30(37)38)17-32(23)11-12-33(24,39-32)29(31)7-6-27(31)21-3-2-20-9-13-34-18-22(20)14-21/h2-3,8-9,13-15,18,25-29,36H,4-7,10-12,16-17,19H2,1H3,(H,37,38)/t25-,26?,27+,28-,29+,31+,32+,33?/m0/s1. The second-order valence-corrected chi connectivity index (χ2v) is 13.5. The molecule has 39 heavy (non-hydrogen) atoms. The molecule has 2 bridgehead atoms. The Morgan fingerprint density at radius 3 is 2.92 bits per heavy atom. The van der Waals surface area contributed by atoms with Gasteiger partial charge in [0.2, 0.25) is 0 Å². The molecule has 2 aromatic rings. The highest BCUT2D eigenvalue weighted by Crippen LogP contribution is 2.69. The Morgan fingerprint density at radius 2 is 2.05 bits per heavy atom. The maximum absolute atomic E-state index is 12.0. The van der Waals surface area contributed by atoms with Crippen LogP contribution in [-0.4, -0.2) is 62.0 Å². The Morgan fingerprint density at radius 1 is 1.15 bits per heavy atom. The van der Waals surface area contributed by atoms with Gasteiger partial charge in [-0.1, -0.05) is 31.2 Å². The summed E-state index contributed by atoms with van der Waals surface area (Å²) in [6, 6.07) is 8.59. The van der Waals surface area contributed by atoms with E-state index < -0.39 is 18.1 Å². The number of ether oxygens (including phenoxy) is 1. The van der Waals surface area contributed by atoms with Crippen molar-refractivity contribution >= 4 is 16.7 Å². The Balaban J connectivity index is 1.12. The van der Waals surface area contributed by atoms with Crippen LogP contribution in [0.2, 0.25) is 0 Å². The van der Waals surface area contributed by atoms with E-state index in [1.54, 1.807) is 0 Å². The smallest absolute Gasteiger partial charge is 0.321 e. The Kier molecular flexibility index (Phi) is 5.13. The molecule has 6 nitrogen and oxygen atoms in total. The minimum Gasteiger partial charge on any atom is -0.480 e. The number of β-amino-alcohol motifs (C(OH)–C–C–N with tert-alkyl or cyclic N) is 1. The van der Waals surface area contributed by atoms with Crippen molar-refractivity contribution in [2.24, 2.45) is 11.3 Å². The van der Waals surface area contributed by atoms with Gasteiger partial charge in [0, 0.05) is 36.8 Å². The molecule has 204 valence electrons. The molecule has 2 saturated heterocycles. The summed E-state index contributed by atoms with van der Waals surface area (Å²) in [6.07, 6.45) is 16.8. The number of likely N-dealkylation sites (tertiary alicyclic amines) is 1. The Hall–Kier alpha value is -2.54. The van der Waals surface area contributed by atoms with Gasteiger partial charge in [0.05, 0.1) is 17.3 Å². The molecule has 4 heterocycles. The van der Waals surface area contributed by atoms with Crippen molar-refractivity contribution in [3.05, 3.63) is 65.5 Å². The summed E-state index contributed by atoms with van der Waals surface area (Å²) in [5.41, 5.74) is 3.88. The Labute approximate surface area is 229 Å². The van der Waals surface area contributed by atoms with Gasteiger partial charge in [0.15, 0.2) is 0 Å². The molecule has 3 aliphatic heterocycles. The first-order valence-corrected chi connectivity index (χ1v) is 14.9. The fourth-order valence-corrected chi connectivity index (χ4v) is 10.0. The molecular formula is C33H38N2O4. The first-order chi connectivity index (χ1) is 18.8. The number of aliphatic carboxylic acids is 1. The van der Waals surface area contributed by atoms with Crippen molar-refractivity contribution in [2.75, 3.05) is 6.54 Å². The van der Waals surface area contributed by atoms with E-state index in [1.165, 1.54) is 40.3 Å². The lowest BCUT2D eigenvalue weighted by Gasteiger charge is -2.55. The summed E-state index contributed by atoms with van der Waals surface area (Å²) in [4.78, 5) is 18.4. The average molecular weight is 527 g/mol. The normalized spacial score (nSPS) is 43.0. The highest BCUT2D eigenvalue weighted by molar-refractivity contribution is 5.82. The molecule has 8 atom stereocenters. The molecule has 1 aromatic heterocycles. The van der Waals surface area contributed by atoms with Crippen LogP contribution >= 0.6 is 0 Å². The molecule has 2 saturated carbocycles. The van der Waals surface area contributed by atoms with E-state index in [0.29, 0.717) is 24.8 Å². The highest BCUT2D eigenvalue weighted by Gasteiger charge is 2.67. The molecule has 4 fully saturated rings. The Bertz CT molecular complexity index is 1430. The second-order valence-electron chi connectivity index (χ2n) is 13.5. The molecule has 0 amide bonds. The second kappa shape index (κ2) is 8.25. The minimum atomic E-state index is -0.812. The van der Waals surface area contributed by atoms with Crippen molar-refractivity contribution in [2.45, 2.75) is 100 Å². The monoisotopic (exact) mass is 526 g/mol. The fourth-order valence-electron chi connectivity index (χ4n) is 10.0. The maximum atomic E-state index is 12.0. The van der Waals surface area contributed by atoms with E-state index in [-0.39, 0.29) is 22.7 Å². The van der Waals surface area contributed by atoms with E-state index in [0.717, 1.165) is 38.5 Å². The van der Waals surface area contributed by atoms with Crippen LogP contribution in [0.5, 0.6) is 0 Å². The zero-order chi connectivity index (χ0) is 26.6. The maximum Gasteiger partial charge on any atom is 0.321 e. The summed E-state index contributed by atoms with van der Waals surface area (Å²) in [6.45, 7) is 2.96. The third-order valence-electron chi connectivity index (χ3n) is 11.8. The zero-order valence-electron chi connectivity index (χ0n) is 22.7. The molecule has 8 rings (SSSR count). The van der Waals surface area contributed by atoms with Crippen LogP contribution in [0.3, 0.4) is 0 Å². The van der Waals surface area contributed by atoms with E-state index >= 15 is 0 Å². The fraction of sp³-hybridized carbons (Fsp3) is 0.576. The van der Waals surface area contributed by atoms with Crippen molar-refractivity contribution in [3.8, 4) is 0 Å². The number of benzene rings is 1. The number of aliphatic hydroxyl groups excluding tert-OH is 1. The van der Waals surface area contributed by atoms with Gasteiger partial charge in [-0.25, -0.2) is 0 Å².